The molecule has 0 amide bonds. The van der Waals surface area contributed by atoms with Gasteiger partial charge in [-0.2, -0.15) is 0 Å². The first-order valence-corrected chi connectivity index (χ1v) is 71.8. The maximum Gasteiger partial charge on any atom is 0.469 e. The fourth-order valence-electron chi connectivity index (χ4n) is 9.08. The highest BCUT2D eigenvalue weighted by Crippen LogP contribution is 2.43. The molecule has 27 heteroatoms. The van der Waals surface area contributed by atoms with Crippen LogP contribution in [-0.4, -0.2) is 142 Å². The Morgan fingerprint density at radius 3 is 1.00 bits per heavy atom. The van der Waals surface area contributed by atoms with Crippen LogP contribution in [0.3, 0.4) is 0 Å². The highest BCUT2D eigenvalue weighted by Gasteiger charge is 2.57. The minimum absolute atomic E-state index is 0.237. The average Bonchev–Trinajstić information content (AvgIpc) is 3.03. The number of hydrogen-bond donors (Lipinski definition) is 0. The number of carbonyl (C=O) groups excluding carboxylic acids is 1. The Hall–Kier alpha value is 1.81. The quantitative estimate of drug-likeness (QED) is 0.0191. The molecule has 0 spiro atoms. The van der Waals surface area contributed by atoms with Gasteiger partial charge in [-0.15, -0.1) is 0 Å². The summed E-state index contributed by atoms with van der Waals surface area (Å²) < 4.78 is 87.2. The third kappa shape index (κ3) is 37.2. The van der Waals surface area contributed by atoms with Crippen molar-refractivity contribution in [2.75, 3.05) is 6.61 Å². The van der Waals surface area contributed by atoms with Gasteiger partial charge in [-0.1, -0.05) is 25.7 Å². The molecule has 1 unspecified atom stereocenters. The molecule has 0 aliphatic carbocycles. The van der Waals surface area contributed by atoms with Gasteiger partial charge in [0.25, 0.3) is 5.97 Å². The summed E-state index contributed by atoms with van der Waals surface area (Å²) in [5.41, 5.74) is 0.481. The zero-order valence-electron chi connectivity index (χ0n) is 56.1. The molecule has 0 N–H and O–H groups in total. The van der Waals surface area contributed by atoms with E-state index in [4.69, 9.17) is 51.2 Å². The standard InChI is InChI=1S/C49H124O13Si14/c1-46(2)47(50)51-39-36-40-74(45-72(32,33)41-43-75(56-66(14,15)16,57-67(17,18)19)58-68(20,21)22,52-48(3,4)37-38-49(53-63(5,6)7,54-64(8,9)10)55-65(11,12)13)62-73(34,35)42-44-76(59-69(23,24)25,60-70(26,27)28)61-71(29,30)31/h1,36-45H2,2-35H3. The predicted molar refractivity (Wildman–Crippen MR) is 360 cm³/mol. The Morgan fingerprint density at radius 2 is 0.711 bits per heavy atom. The van der Waals surface area contributed by atoms with Gasteiger partial charge in [0.2, 0.25) is 0 Å². The highest BCUT2D eigenvalue weighted by molar-refractivity contribution is 6.97. The van der Waals surface area contributed by atoms with Crippen molar-refractivity contribution in [3.05, 3.63) is 12.2 Å². The summed E-state index contributed by atoms with van der Waals surface area (Å²) in [6, 6.07) is 3.76. The highest BCUT2D eigenvalue weighted by atomic mass is 28.5. The van der Waals surface area contributed by atoms with Crippen molar-refractivity contribution < 1.29 is 56.0 Å². The van der Waals surface area contributed by atoms with E-state index in [2.05, 4.69) is 223 Å². The van der Waals surface area contributed by atoms with Crippen LogP contribution in [0.2, 0.25) is 239 Å². The van der Waals surface area contributed by atoms with Gasteiger partial charge >= 0.3 is 32.1 Å². The Kier molecular flexibility index (Phi) is 28.5. The van der Waals surface area contributed by atoms with Gasteiger partial charge < -0.3 is 51.2 Å². The van der Waals surface area contributed by atoms with Crippen molar-refractivity contribution in [1.29, 1.82) is 0 Å². The summed E-state index contributed by atoms with van der Waals surface area (Å²) in [6.45, 7) is 80.4. The first kappa shape index (κ1) is 77.8. The topological polar surface area (TPSA) is 128 Å². The zero-order valence-corrected chi connectivity index (χ0v) is 70.1. The number of rotatable bonds is 38. The second-order valence-electron chi connectivity index (χ2n) is 32.5. The predicted octanol–water partition coefficient (Wildman–Crippen LogP) is 17.2. The molecular weight excluding hydrogens is 1190 g/mol. The van der Waals surface area contributed by atoms with Crippen LogP contribution in [0, 0.1) is 0 Å². The van der Waals surface area contributed by atoms with Crippen LogP contribution >= 0.6 is 0 Å². The van der Waals surface area contributed by atoms with Gasteiger partial charge in [-0.3, -0.25) is 0 Å². The molecule has 0 saturated carbocycles. The smallest absolute Gasteiger partial charge is 0.462 e. The lowest BCUT2D eigenvalue weighted by Gasteiger charge is -2.49. The Labute approximate surface area is 485 Å². The summed E-state index contributed by atoms with van der Waals surface area (Å²) >= 11 is 0. The van der Waals surface area contributed by atoms with E-state index >= 15 is 0 Å². The summed E-state index contributed by atoms with van der Waals surface area (Å²) in [4.78, 5) is 12.9. The third-order valence-corrected chi connectivity index (χ3v) is 52.7. The molecule has 0 heterocycles. The molecule has 0 rings (SSSR count). The van der Waals surface area contributed by atoms with E-state index in [0.29, 0.717) is 36.9 Å². The van der Waals surface area contributed by atoms with E-state index in [9.17, 15) is 4.79 Å². The van der Waals surface area contributed by atoms with Crippen molar-refractivity contribution in [2.24, 2.45) is 0 Å². The van der Waals surface area contributed by atoms with Crippen LogP contribution in [0.5, 0.6) is 0 Å². The monoisotopic (exact) mass is 1310 g/mol. The summed E-state index contributed by atoms with van der Waals surface area (Å²) in [5.74, 6) is -1.60. The SMILES string of the molecule is C=C(C)C(=O)OCCC[Si](C[Si](C)(C)CC[Si](O[Si](C)(C)C)(O[Si](C)(C)C)O[Si](C)(C)C)(OC(C)(C)CCC(O[Si](C)(C)C)(O[Si](C)(C)C)O[Si](C)(C)C)O[Si](C)(C)CC[Si](O[Si](C)(C)C)(O[Si](C)(C)C)O[Si](C)(C)C. The molecule has 0 aromatic carbocycles. The third-order valence-electron chi connectivity index (χ3n) is 10.3. The molecule has 1 atom stereocenters. The molecule has 0 fully saturated rings. The molecule has 0 bridgehead atoms. The number of hydrogen-bond acceptors (Lipinski definition) is 13. The molecule has 454 valence electrons. The number of carbonyl (C=O) groups is 1. The molecule has 0 aromatic rings. The maximum atomic E-state index is 12.9. The van der Waals surface area contributed by atoms with Gasteiger partial charge in [-0.25, -0.2) is 4.79 Å². The second-order valence-corrected chi connectivity index (χ2v) is 93.3. The first-order chi connectivity index (χ1) is 32.9. The number of esters is 1. The minimum atomic E-state index is -3.36. The molecule has 0 aromatic heterocycles. The summed E-state index contributed by atoms with van der Waals surface area (Å²) in [5, 5.41) is 0. The van der Waals surface area contributed by atoms with Gasteiger partial charge in [0.1, 0.15) is 0 Å². The van der Waals surface area contributed by atoms with Gasteiger partial charge in [-0.05, 0) is 241 Å². The largest absolute Gasteiger partial charge is 0.469 e. The molecular formula is C49H124O13Si14. The zero-order chi connectivity index (χ0) is 60.7. The lowest BCUT2D eigenvalue weighted by molar-refractivity contribution is -0.277. The normalized spacial score (nSPS) is 16.0. The lowest BCUT2D eigenvalue weighted by atomic mass is 10.0. The average molecular weight is 1310 g/mol. The van der Waals surface area contributed by atoms with E-state index in [1.807, 2.05) is 0 Å². The van der Waals surface area contributed by atoms with Crippen LogP contribution in [0.4, 0.5) is 0 Å². The molecule has 0 aliphatic rings. The van der Waals surface area contributed by atoms with Gasteiger partial charge in [0, 0.05) is 32.2 Å². The fourth-order valence-corrected chi connectivity index (χ4v) is 63.7. The van der Waals surface area contributed by atoms with Gasteiger partial charge in [0.15, 0.2) is 83.2 Å². The van der Waals surface area contributed by atoms with Gasteiger partial charge in [0.05, 0.1) is 12.2 Å². The lowest BCUT2D eigenvalue weighted by Crippen LogP contribution is -2.62. The summed E-state index contributed by atoms with van der Waals surface area (Å²) in [6.07, 6.45) is 1.68. The Morgan fingerprint density at radius 1 is 0.395 bits per heavy atom. The van der Waals surface area contributed by atoms with Crippen molar-refractivity contribution in [1.82, 2.24) is 0 Å². The van der Waals surface area contributed by atoms with E-state index in [-0.39, 0.29) is 12.6 Å². The maximum absolute atomic E-state index is 12.9. The van der Waals surface area contributed by atoms with Crippen molar-refractivity contribution in [3.8, 4) is 0 Å². The van der Waals surface area contributed by atoms with Crippen LogP contribution in [0.1, 0.15) is 40.0 Å². The minimum Gasteiger partial charge on any atom is -0.462 e. The fraction of sp³-hybridized carbons (Fsp3) is 0.939. The van der Waals surface area contributed by atoms with Crippen LogP contribution in [0.15, 0.2) is 12.2 Å². The van der Waals surface area contributed by atoms with E-state index in [1.54, 1.807) is 6.92 Å². The summed E-state index contributed by atoms with van der Waals surface area (Å²) in [7, 11) is -34.3. The van der Waals surface area contributed by atoms with Crippen LogP contribution in [0.25, 0.3) is 0 Å². The van der Waals surface area contributed by atoms with E-state index < -0.39 is 129 Å². The number of ether oxygens (including phenoxy) is 1. The Bertz CT molecular complexity index is 1510. The second kappa shape index (κ2) is 27.9. The molecule has 0 saturated heterocycles. The molecule has 0 radical (unpaired) electrons. The van der Waals surface area contributed by atoms with Crippen molar-refractivity contribution in [2.45, 2.75) is 290 Å². The van der Waals surface area contributed by atoms with Crippen molar-refractivity contribution >= 4 is 123 Å². The van der Waals surface area contributed by atoms with Crippen molar-refractivity contribution in [3.63, 3.8) is 0 Å². The first-order valence-electron chi connectivity index (χ1n) is 28.5. The van der Waals surface area contributed by atoms with Crippen LogP contribution in [-0.2, 0) is 56.0 Å². The molecule has 76 heavy (non-hydrogen) atoms. The Balaban J connectivity index is 8.52. The molecule has 0 aliphatic heterocycles. The van der Waals surface area contributed by atoms with Crippen LogP contribution < -0.4 is 0 Å². The molecule has 13 nitrogen and oxygen atoms in total. The van der Waals surface area contributed by atoms with E-state index in [0.717, 1.165) is 23.8 Å². The van der Waals surface area contributed by atoms with E-state index in [1.165, 1.54) is 0 Å².